The molecule has 0 aliphatic rings. The van der Waals surface area contributed by atoms with E-state index < -0.39 is 5.97 Å². The Morgan fingerprint density at radius 3 is 2.81 bits per heavy atom. The van der Waals surface area contributed by atoms with Gasteiger partial charge in [0.15, 0.2) is 0 Å². The smallest absolute Gasteiger partial charge is 0.307 e. The predicted molar refractivity (Wildman–Crippen MR) is 80.6 cm³/mol. The number of hydrogen-bond donors (Lipinski definition) is 1. The van der Waals surface area contributed by atoms with E-state index in [1.165, 1.54) is 0 Å². The second-order valence-electron chi connectivity index (χ2n) is 4.93. The molecule has 108 valence electrons. The van der Waals surface area contributed by atoms with E-state index >= 15 is 0 Å². The first-order valence-electron chi connectivity index (χ1n) is 6.51. The van der Waals surface area contributed by atoms with E-state index in [1.54, 1.807) is 6.20 Å². The average molecular weight is 304 g/mol. The molecular formula is C15H14ClN3O2. The number of rotatable bonds is 4. The molecule has 0 spiro atoms. The number of imidazole rings is 1. The summed E-state index contributed by atoms with van der Waals surface area (Å²) < 4.78 is 3.82. The van der Waals surface area contributed by atoms with Crippen molar-refractivity contribution in [3.63, 3.8) is 0 Å². The molecule has 1 N–H and O–H groups in total. The standard InChI is InChI=1S/C15H14ClN3O2/c1-18-13(16)7-17-14(18)9-19-8-10(6-15(20)21)11-4-2-3-5-12(11)19/h2-5,7-8H,6,9H2,1H3,(H,20,21). The molecule has 0 radical (unpaired) electrons. The number of carboxylic acids is 1. The minimum Gasteiger partial charge on any atom is -0.481 e. The number of fused-ring (bicyclic) bond motifs is 1. The molecular weight excluding hydrogens is 290 g/mol. The van der Waals surface area contributed by atoms with Crippen LogP contribution >= 0.6 is 11.6 Å². The van der Waals surface area contributed by atoms with E-state index in [0.717, 1.165) is 22.3 Å². The highest BCUT2D eigenvalue weighted by Crippen LogP contribution is 2.23. The van der Waals surface area contributed by atoms with Crippen molar-refractivity contribution in [1.82, 2.24) is 14.1 Å². The molecule has 0 bridgehead atoms. The summed E-state index contributed by atoms with van der Waals surface area (Å²) in [7, 11) is 1.86. The molecule has 0 saturated heterocycles. The first kappa shape index (κ1) is 13.7. The zero-order valence-electron chi connectivity index (χ0n) is 11.5. The lowest BCUT2D eigenvalue weighted by Gasteiger charge is -2.05. The van der Waals surface area contributed by atoms with Crippen molar-refractivity contribution >= 4 is 28.5 Å². The molecule has 2 heterocycles. The summed E-state index contributed by atoms with van der Waals surface area (Å²) in [6.45, 7) is 0.545. The highest BCUT2D eigenvalue weighted by Gasteiger charge is 2.13. The summed E-state index contributed by atoms with van der Waals surface area (Å²) in [5, 5.41) is 10.6. The van der Waals surface area contributed by atoms with Gasteiger partial charge >= 0.3 is 5.97 Å². The molecule has 0 saturated carbocycles. The zero-order valence-corrected chi connectivity index (χ0v) is 12.2. The third kappa shape index (κ3) is 2.52. The van der Waals surface area contributed by atoms with Gasteiger partial charge in [-0.05, 0) is 11.6 Å². The molecule has 1 aromatic carbocycles. The average Bonchev–Trinajstić information content (AvgIpc) is 2.95. The predicted octanol–water partition coefficient (Wildman–Crippen LogP) is 2.70. The summed E-state index contributed by atoms with van der Waals surface area (Å²) in [6.07, 6.45) is 3.50. The lowest BCUT2D eigenvalue weighted by molar-refractivity contribution is -0.136. The van der Waals surface area contributed by atoms with Gasteiger partial charge in [0.05, 0.1) is 19.2 Å². The van der Waals surface area contributed by atoms with Crippen LogP contribution in [0.5, 0.6) is 0 Å². The number of aromatic nitrogens is 3. The highest BCUT2D eigenvalue weighted by atomic mass is 35.5. The summed E-state index contributed by atoms with van der Waals surface area (Å²) in [5.74, 6) is -0.0134. The molecule has 6 heteroatoms. The quantitative estimate of drug-likeness (QED) is 0.806. The maximum absolute atomic E-state index is 11.0. The number of halogens is 1. The molecule has 5 nitrogen and oxygen atoms in total. The van der Waals surface area contributed by atoms with Crippen molar-refractivity contribution in [2.45, 2.75) is 13.0 Å². The van der Waals surface area contributed by atoms with Crippen LogP contribution in [0.1, 0.15) is 11.4 Å². The number of carboxylic acid groups (broad SMARTS) is 1. The first-order valence-corrected chi connectivity index (χ1v) is 6.88. The molecule has 3 aromatic rings. The van der Waals surface area contributed by atoms with E-state index in [1.807, 2.05) is 46.6 Å². The van der Waals surface area contributed by atoms with Crippen LogP contribution in [0, 0.1) is 0 Å². The van der Waals surface area contributed by atoms with Crippen LogP contribution in [0.2, 0.25) is 5.15 Å². The van der Waals surface area contributed by atoms with Gasteiger partial charge in [0.1, 0.15) is 11.0 Å². The lowest BCUT2D eigenvalue weighted by Crippen LogP contribution is -2.05. The van der Waals surface area contributed by atoms with Gasteiger partial charge in [-0.1, -0.05) is 29.8 Å². The topological polar surface area (TPSA) is 60.0 Å². The minimum atomic E-state index is -0.835. The van der Waals surface area contributed by atoms with Crippen LogP contribution in [0.25, 0.3) is 10.9 Å². The first-order chi connectivity index (χ1) is 10.1. The normalized spacial score (nSPS) is 11.1. The fourth-order valence-electron chi connectivity index (χ4n) is 2.48. The fraction of sp³-hybridized carbons (Fsp3) is 0.200. The molecule has 2 aromatic heterocycles. The Bertz CT molecular complexity index is 820. The monoisotopic (exact) mass is 303 g/mol. The van der Waals surface area contributed by atoms with Gasteiger partial charge in [-0.3, -0.25) is 4.79 Å². The number of carbonyl (C=O) groups is 1. The van der Waals surface area contributed by atoms with Gasteiger partial charge in [-0.25, -0.2) is 4.98 Å². The summed E-state index contributed by atoms with van der Waals surface area (Å²) in [5.41, 5.74) is 1.80. The second kappa shape index (κ2) is 5.26. The van der Waals surface area contributed by atoms with Gasteiger partial charge in [-0.15, -0.1) is 0 Å². The van der Waals surface area contributed by atoms with Crippen LogP contribution in [0.15, 0.2) is 36.7 Å². The summed E-state index contributed by atoms with van der Waals surface area (Å²) in [4.78, 5) is 15.3. The number of benzene rings is 1. The second-order valence-corrected chi connectivity index (χ2v) is 5.31. The Morgan fingerprint density at radius 1 is 1.38 bits per heavy atom. The molecule has 0 atom stereocenters. The number of aliphatic carboxylic acids is 1. The van der Waals surface area contributed by atoms with E-state index in [2.05, 4.69) is 4.98 Å². The number of hydrogen-bond acceptors (Lipinski definition) is 2. The van der Waals surface area contributed by atoms with Crippen LogP contribution in [-0.2, 0) is 24.8 Å². The number of nitrogens with zero attached hydrogens (tertiary/aromatic N) is 3. The van der Waals surface area contributed by atoms with Crippen molar-refractivity contribution in [1.29, 1.82) is 0 Å². The van der Waals surface area contributed by atoms with Gasteiger partial charge in [0.25, 0.3) is 0 Å². The lowest BCUT2D eigenvalue weighted by atomic mass is 10.1. The maximum Gasteiger partial charge on any atom is 0.307 e. The molecule has 0 aliphatic carbocycles. The Hall–Kier alpha value is -2.27. The Kier molecular flexibility index (Phi) is 3.43. The molecule has 3 rings (SSSR count). The van der Waals surface area contributed by atoms with Crippen LogP contribution < -0.4 is 0 Å². The number of para-hydroxylation sites is 1. The molecule has 0 aliphatic heterocycles. The van der Waals surface area contributed by atoms with E-state index in [9.17, 15) is 4.79 Å². The SMILES string of the molecule is Cn1c(Cl)cnc1Cn1cc(CC(=O)O)c2ccccc21. The van der Waals surface area contributed by atoms with Crippen molar-refractivity contribution in [3.8, 4) is 0 Å². The molecule has 21 heavy (non-hydrogen) atoms. The Labute approximate surface area is 126 Å². The summed E-state index contributed by atoms with van der Waals surface area (Å²) >= 11 is 6.00. The Morgan fingerprint density at radius 2 is 2.14 bits per heavy atom. The van der Waals surface area contributed by atoms with Crippen molar-refractivity contribution < 1.29 is 9.90 Å². The Balaban J connectivity index is 2.06. The minimum absolute atomic E-state index is 0.00876. The van der Waals surface area contributed by atoms with Gasteiger partial charge in [-0.2, -0.15) is 0 Å². The van der Waals surface area contributed by atoms with Crippen LogP contribution in [0.4, 0.5) is 0 Å². The highest BCUT2D eigenvalue weighted by molar-refractivity contribution is 6.29. The van der Waals surface area contributed by atoms with E-state index in [0.29, 0.717) is 11.7 Å². The summed E-state index contributed by atoms with van der Waals surface area (Å²) in [6, 6.07) is 7.77. The van der Waals surface area contributed by atoms with Crippen molar-refractivity contribution in [3.05, 3.63) is 53.2 Å². The van der Waals surface area contributed by atoms with Crippen molar-refractivity contribution in [2.24, 2.45) is 7.05 Å². The van der Waals surface area contributed by atoms with Crippen LogP contribution in [-0.4, -0.2) is 25.2 Å². The van der Waals surface area contributed by atoms with Crippen molar-refractivity contribution in [2.75, 3.05) is 0 Å². The largest absolute Gasteiger partial charge is 0.481 e. The molecule has 0 fully saturated rings. The van der Waals surface area contributed by atoms with Gasteiger partial charge in [0.2, 0.25) is 0 Å². The maximum atomic E-state index is 11.0. The third-order valence-electron chi connectivity index (χ3n) is 3.55. The van der Waals surface area contributed by atoms with Gasteiger partial charge in [0, 0.05) is 24.1 Å². The molecule has 0 amide bonds. The van der Waals surface area contributed by atoms with Crippen LogP contribution in [0.3, 0.4) is 0 Å². The zero-order chi connectivity index (χ0) is 15.0. The van der Waals surface area contributed by atoms with E-state index in [-0.39, 0.29) is 6.42 Å². The molecule has 0 unspecified atom stereocenters. The third-order valence-corrected chi connectivity index (χ3v) is 3.90. The fourth-order valence-corrected chi connectivity index (χ4v) is 2.63. The van der Waals surface area contributed by atoms with Gasteiger partial charge < -0.3 is 14.2 Å². The van der Waals surface area contributed by atoms with E-state index in [4.69, 9.17) is 16.7 Å².